The Morgan fingerprint density at radius 2 is 2.00 bits per heavy atom. The van der Waals surface area contributed by atoms with Crippen molar-refractivity contribution in [1.82, 2.24) is 0 Å². The highest BCUT2D eigenvalue weighted by atomic mass is 32.2. The normalized spacial score (nSPS) is 24.4. The highest BCUT2D eigenvalue weighted by Gasteiger charge is 2.30. The van der Waals surface area contributed by atoms with E-state index in [1.54, 1.807) is 7.11 Å². The van der Waals surface area contributed by atoms with Crippen molar-refractivity contribution < 1.29 is 9.47 Å². The molecule has 1 fully saturated rings. The van der Waals surface area contributed by atoms with Crippen LogP contribution in [-0.2, 0) is 4.74 Å². The van der Waals surface area contributed by atoms with Crippen molar-refractivity contribution >= 4 is 23.5 Å². The molecule has 1 aliphatic rings. The summed E-state index contributed by atoms with van der Waals surface area (Å²) in [6, 6.07) is 8.12. The molecule has 0 spiro atoms. The van der Waals surface area contributed by atoms with Gasteiger partial charge in [0.1, 0.15) is 12.4 Å². The van der Waals surface area contributed by atoms with E-state index in [0.29, 0.717) is 23.7 Å². The van der Waals surface area contributed by atoms with Gasteiger partial charge < -0.3 is 15.2 Å². The quantitative estimate of drug-likeness (QED) is 0.818. The van der Waals surface area contributed by atoms with Gasteiger partial charge in [-0.15, -0.1) is 0 Å². The van der Waals surface area contributed by atoms with Crippen molar-refractivity contribution in [1.29, 1.82) is 0 Å². The van der Waals surface area contributed by atoms with Gasteiger partial charge in [0.05, 0.1) is 6.61 Å². The maximum atomic E-state index is 6.52. The lowest BCUT2D eigenvalue weighted by atomic mass is 10.0. The maximum absolute atomic E-state index is 6.52. The number of rotatable bonds is 6. The molecule has 3 unspecified atom stereocenters. The van der Waals surface area contributed by atoms with Gasteiger partial charge in [-0.1, -0.05) is 25.1 Å². The fourth-order valence-electron chi connectivity index (χ4n) is 2.34. The Bertz CT molecular complexity index is 417. The van der Waals surface area contributed by atoms with Crippen LogP contribution in [0.1, 0.15) is 18.5 Å². The SMILES string of the molecule is COCCOc1ccccc1C(N)C1SCCSC1C. The Morgan fingerprint density at radius 3 is 2.75 bits per heavy atom. The van der Waals surface area contributed by atoms with Crippen LogP contribution in [-0.4, -0.2) is 42.3 Å². The standard InChI is InChI=1S/C15H23NO2S2/c1-11-15(20-10-9-19-11)14(16)12-5-3-4-6-13(12)18-8-7-17-2/h3-6,11,14-15H,7-10,16H2,1-2H3. The molecule has 1 aromatic rings. The summed E-state index contributed by atoms with van der Waals surface area (Å²) >= 11 is 4.00. The molecule has 0 amide bonds. The van der Waals surface area contributed by atoms with Crippen molar-refractivity contribution in [2.24, 2.45) is 5.73 Å². The number of hydrogen-bond donors (Lipinski definition) is 1. The number of methoxy groups -OCH3 is 1. The second-order valence-corrected chi connectivity index (χ2v) is 7.59. The molecule has 1 heterocycles. The summed E-state index contributed by atoms with van der Waals surface area (Å²) in [4.78, 5) is 0. The summed E-state index contributed by atoms with van der Waals surface area (Å²) in [7, 11) is 1.68. The van der Waals surface area contributed by atoms with Crippen LogP contribution in [0.5, 0.6) is 5.75 Å². The number of para-hydroxylation sites is 1. The Kier molecular flexibility index (Phi) is 6.55. The van der Waals surface area contributed by atoms with Gasteiger partial charge in [0, 0.05) is 40.7 Å². The Morgan fingerprint density at radius 1 is 1.25 bits per heavy atom. The number of hydrogen-bond acceptors (Lipinski definition) is 5. The minimum atomic E-state index is 0.0153. The van der Waals surface area contributed by atoms with Gasteiger partial charge in [-0.25, -0.2) is 0 Å². The minimum absolute atomic E-state index is 0.0153. The topological polar surface area (TPSA) is 44.5 Å². The fraction of sp³-hybridized carbons (Fsp3) is 0.600. The van der Waals surface area contributed by atoms with Crippen molar-refractivity contribution in [2.45, 2.75) is 23.5 Å². The van der Waals surface area contributed by atoms with Crippen LogP contribution in [0.25, 0.3) is 0 Å². The van der Waals surface area contributed by atoms with Crippen molar-refractivity contribution in [2.75, 3.05) is 31.8 Å². The van der Waals surface area contributed by atoms with Crippen LogP contribution in [0.4, 0.5) is 0 Å². The Balaban J connectivity index is 2.09. The molecule has 5 heteroatoms. The van der Waals surface area contributed by atoms with Crippen LogP contribution in [0.15, 0.2) is 24.3 Å². The molecule has 20 heavy (non-hydrogen) atoms. The third kappa shape index (κ3) is 4.07. The van der Waals surface area contributed by atoms with Crippen LogP contribution in [0.2, 0.25) is 0 Å². The molecule has 3 nitrogen and oxygen atoms in total. The minimum Gasteiger partial charge on any atom is -0.491 e. The summed E-state index contributed by atoms with van der Waals surface area (Å²) in [5.41, 5.74) is 7.63. The summed E-state index contributed by atoms with van der Waals surface area (Å²) in [6.45, 7) is 3.42. The predicted octanol–water partition coefficient (Wildman–Crippen LogP) is 2.95. The van der Waals surface area contributed by atoms with Gasteiger partial charge in [0.15, 0.2) is 0 Å². The summed E-state index contributed by atoms with van der Waals surface area (Å²) < 4.78 is 10.8. The molecule has 0 aliphatic carbocycles. The second kappa shape index (κ2) is 8.17. The fourth-order valence-corrected chi connectivity index (χ4v) is 5.21. The predicted molar refractivity (Wildman–Crippen MR) is 88.9 cm³/mol. The van der Waals surface area contributed by atoms with E-state index in [4.69, 9.17) is 15.2 Å². The lowest BCUT2D eigenvalue weighted by Crippen LogP contribution is -2.34. The molecule has 0 radical (unpaired) electrons. The van der Waals surface area contributed by atoms with E-state index in [9.17, 15) is 0 Å². The van der Waals surface area contributed by atoms with E-state index in [1.165, 1.54) is 11.5 Å². The average Bonchev–Trinajstić information content (AvgIpc) is 2.48. The molecule has 1 aromatic carbocycles. The van der Waals surface area contributed by atoms with Gasteiger partial charge in [-0.05, 0) is 6.07 Å². The van der Waals surface area contributed by atoms with E-state index in [-0.39, 0.29) is 6.04 Å². The lowest BCUT2D eigenvalue weighted by Gasteiger charge is -2.33. The van der Waals surface area contributed by atoms with E-state index in [2.05, 4.69) is 13.0 Å². The van der Waals surface area contributed by atoms with E-state index in [0.717, 1.165) is 11.3 Å². The first-order valence-corrected chi connectivity index (χ1v) is 9.03. The van der Waals surface area contributed by atoms with Crippen LogP contribution in [0, 0.1) is 0 Å². The van der Waals surface area contributed by atoms with Crippen LogP contribution < -0.4 is 10.5 Å². The average molecular weight is 313 g/mol. The third-order valence-corrected chi connectivity index (χ3v) is 6.63. The monoisotopic (exact) mass is 313 g/mol. The molecular weight excluding hydrogens is 290 g/mol. The van der Waals surface area contributed by atoms with Crippen molar-refractivity contribution in [3.63, 3.8) is 0 Å². The number of thioether (sulfide) groups is 2. The molecule has 0 saturated carbocycles. The molecule has 1 saturated heterocycles. The zero-order valence-electron chi connectivity index (χ0n) is 12.1. The lowest BCUT2D eigenvalue weighted by molar-refractivity contribution is 0.145. The van der Waals surface area contributed by atoms with Crippen LogP contribution in [0.3, 0.4) is 0 Å². The second-order valence-electron chi connectivity index (χ2n) is 4.82. The first-order chi connectivity index (χ1) is 9.74. The molecule has 2 rings (SSSR count). The maximum Gasteiger partial charge on any atom is 0.124 e. The molecule has 112 valence electrons. The van der Waals surface area contributed by atoms with Gasteiger partial charge in [0.2, 0.25) is 0 Å². The van der Waals surface area contributed by atoms with Crippen molar-refractivity contribution in [3.8, 4) is 5.75 Å². The molecule has 1 aliphatic heterocycles. The highest BCUT2D eigenvalue weighted by molar-refractivity contribution is 8.07. The van der Waals surface area contributed by atoms with E-state index in [1.807, 2.05) is 41.7 Å². The molecule has 3 atom stereocenters. The summed E-state index contributed by atoms with van der Waals surface area (Å²) in [5, 5.41) is 1.02. The first-order valence-electron chi connectivity index (χ1n) is 6.93. The first kappa shape index (κ1) is 16.0. The Hall–Kier alpha value is -0.360. The number of ether oxygens (including phenoxy) is 2. The summed E-state index contributed by atoms with van der Waals surface area (Å²) in [5.74, 6) is 3.29. The van der Waals surface area contributed by atoms with E-state index < -0.39 is 0 Å². The molecule has 0 aromatic heterocycles. The number of benzene rings is 1. The Labute approximate surface area is 130 Å². The van der Waals surface area contributed by atoms with Gasteiger partial charge >= 0.3 is 0 Å². The molecular formula is C15H23NO2S2. The van der Waals surface area contributed by atoms with E-state index >= 15 is 0 Å². The highest BCUT2D eigenvalue weighted by Crippen LogP contribution is 2.39. The molecule has 0 bridgehead atoms. The van der Waals surface area contributed by atoms with Crippen molar-refractivity contribution in [3.05, 3.63) is 29.8 Å². The van der Waals surface area contributed by atoms with Crippen LogP contribution >= 0.6 is 23.5 Å². The van der Waals surface area contributed by atoms with Gasteiger partial charge in [-0.3, -0.25) is 0 Å². The number of nitrogens with two attached hydrogens (primary N) is 1. The largest absolute Gasteiger partial charge is 0.491 e. The summed E-state index contributed by atoms with van der Waals surface area (Å²) in [6.07, 6.45) is 0. The van der Waals surface area contributed by atoms with Gasteiger partial charge in [0.25, 0.3) is 0 Å². The zero-order chi connectivity index (χ0) is 14.4. The molecule has 2 N–H and O–H groups in total. The van der Waals surface area contributed by atoms with Gasteiger partial charge in [-0.2, -0.15) is 23.5 Å². The third-order valence-electron chi connectivity index (χ3n) is 3.41. The smallest absolute Gasteiger partial charge is 0.124 e. The zero-order valence-corrected chi connectivity index (χ0v) is 13.7.